The van der Waals surface area contributed by atoms with Crippen molar-refractivity contribution in [2.75, 3.05) is 26.2 Å². The van der Waals surface area contributed by atoms with Gasteiger partial charge in [-0.2, -0.15) is 0 Å². The smallest absolute Gasteiger partial charge is 0.410 e. The van der Waals surface area contributed by atoms with Gasteiger partial charge in [0.15, 0.2) is 0 Å². The van der Waals surface area contributed by atoms with Crippen molar-refractivity contribution >= 4 is 17.7 Å². The summed E-state index contributed by atoms with van der Waals surface area (Å²) in [5.41, 5.74) is 2.39. The third-order valence-corrected chi connectivity index (χ3v) is 5.16. The van der Waals surface area contributed by atoms with Crippen molar-refractivity contribution in [3.05, 3.63) is 70.2 Å². The van der Waals surface area contributed by atoms with E-state index in [1.54, 1.807) is 17.0 Å². The first-order chi connectivity index (χ1) is 13.7. The Morgan fingerprint density at radius 3 is 2.03 bits per heavy atom. The molecule has 0 bridgehead atoms. The number of hydrogen-bond donors (Lipinski definition) is 1. The van der Waals surface area contributed by atoms with Gasteiger partial charge in [-0.25, -0.2) is 4.79 Å². The number of amides is 1. The van der Waals surface area contributed by atoms with Crippen molar-refractivity contribution < 1.29 is 14.6 Å². The molecular formula is C23H29ClN2O3. The maximum absolute atomic E-state index is 12.2. The lowest BCUT2D eigenvalue weighted by molar-refractivity contribution is 0.0139. The van der Waals surface area contributed by atoms with Gasteiger partial charge in [-0.3, -0.25) is 4.90 Å². The van der Waals surface area contributed by atoms with Gasteiger partial charge in [-0.05, 0) is 49.6 Å². The van der Waals surface area contributed by atoms with E-state index in [0.29, 0.717) is 18.1 Å². The summed E-state index contributed by atoms with van der Waals surface area (Å²) < 4.78 is 5.45. The summed E-state index contributed by atoms with van der Waals surface area (Å²) in [7, 11) is 0. The largest absolute Gasteiger partial charge is 0.444 e. The Bertz CT molecular complexity index is 808. The van der Waals surface area contributed by atoms with Gasteiger partial charge in [0.2, 0.25) is 0 Å². The molecule has 1 fully saturated rings. The maximum atomic E-state index is 12.2. The summed E-state index contributed by atoms with van der Waals surface area (Å²) in [4.78, 5) is 16.3. The zero-order valence-corrected chi connectivity index (χ0v) is 18.0. The van der Waals surface area contributed by atoms with E-state index in [2.05, 4.69) is 17.0 Å². The highest BCUT2D eigenvalue weighted by atomic mass is 35.5. The second-order valence-electron chi connectivity index (χ2n) is 8.44. The number of halogens is 1. The van der Waals surface area contributed by atoms with Crippen LogP contribution in [0.25, 0.3) is 0 Å². The third kappa shape index (κ3) is 6.20. The van der Waals surface area contributed by atoms with Gasteiger partial charge in [0.05, 0.1) is 0 Å². The standard InChI is InChI=1S/C23H29ClN2O3/c1-23(2,3)29-22(28)26-14-12-25(13-15-26)16-17-4-6-18(7-5-17)21(27)19-8-10-20(24)11-9-19/h4-11,21,27H,12-16H2,1-3H3. The molecule has 2 aromatic rings. The molecule has 29 heavy (non-hydrogen) atoms. The Hall–Kier alpha value is -2.08. The molecule has 1 aliphatic heterocycles. The van der Waals surface area contributed by atoms with Gasteiger partial charge in [0.1, 0.15) is 11.7 Å². The summed E-state index contributed by atoms with van der Waals surface area (Å²) in [5, 5.41) is 11.2. The van der Waals surface area contributed by atoms with Crippen molar-refractivity contribution in [1.82, 2.24) is 9.80 Å². The van der Waals surface area contributed by atoms with Gasteiger partial charge >= 0.3 is 6.09 Å². The van der Waals surface area contributed by atoms with Gasteiger partial charge < -0.3 is 14.7 Å². The van der Waals surface area contributed by atoms with Crippen LogP contribution < -0.4 is 0 Å². The summed E-state index contributed by atoms with van der Waals surface area (Å²) in [5.74, 6) is 0. The van der Waals surface area contributed by atoms with E-state index in [1.807, 2.05) is 45.0 Å². The van der Waals surface area contributed by atoms with Crippen LogP contribution in [0.3, 0.4) is 0 Å². The van der Waals surface area contributed by atoms with E-state index in [1.165, 1.54) is 5.56 Å². The maximum Gasteiger partial charge on any atom is 0.410 e. The van der Waals surface area contributed by atoms with Crippen molar-refractivity contribution in [2.45, 2.75) is 39.0 Å². The Morgan fingerprint density at radius 2 is 1.52 bits per heavy atom. The van der Waals surface area contributed by atoms with Gasteiger partial charge in [0, 0.05) is 37.7 Å². The molecule has 1 saturated heterocycles. The lowest BCUT2D eigenvalue weighted by atomic mass is 10.0. The van der Waals surface area contributed by atoms with Crippen LogP contribution >= 0.6 is 11.6 Å². The minimum Gasteiger partial charge on any atom is -0.444 e. The number of carbonyl (C=O) groups excluding carboxylic acids is 1. The van der Waals surface area contributed by atoms with Crippen LogP contribution in [0.4, 0.5) is 4.79 Å². The van der Waals surface area contributed by atoms with E-state index >= 15 is 0 Å². The molecule has 1 unspecified atom stereocenters. The lowest BCUT2D eigenvalue weighted by Gasteiger charge is -2.35. The Labute approximate surface area is 177 Å². The second-order valence-corrected chi connectivity index (χ2v) is 8.88. The normalized spacial score (nSPS) is 16.5. The average molecular weight is 417 g/mol. The average Bonchev–Trinajstić information content (AvgIpc) is 2.68. The number of nitrogens with zero attached hydrogens (tertiary/aromatic N) is 2. The van der Waals surface area contributed by atoms with E-state index in [9.17, 15) is 9.90 Å². The number of benzene rings is 2. The van der Waals surface area contributed by atoms with Crippen molar-refractivity contribution in [3.63, 3.8) is 0 Å². The number of ether oxygens (including phenoxy) is 1. The first-order valence-electron chi connectivity index (χ1n) is 9.94. The van der Waals surface area contributed by atoms with Crippen LogP contribution in [0.1, 0.15) is 43.6 Å². The second kappa shape index (κ2) is 9.16. The zero-order valence-electron chi connectivity index (χ0n) is 17.3. The van der Waals surface area contributed by atoms with E-state index in [-0.39, 0.29) is 6.09 Å². The molecule has 2 aromatic carbocycles. The van der Waals surface area contributed by atoms with Crippen molar-refractivity contribution in [1.29, 1.82) is 0 Å². The van der Waals surface area contributed by atoms with Crippen LogP contribution in [0.2, 0.25) is 5.02 Å². The van der Waals surface area contributed by atoms with Crippen molar-refractivity contribution in [3.8, 4) is 0 Å². The van der Waals surface area contributed by atoms with Gasteiger partial charge in [-0.15, -0.1) is 0 Å². The third-order valence-electron chi connectivity index (χ3n) is 4.91. The highest BCUT2D eigenvalue weighted by Crippen LogP contribution is 2.24. The molecule has 1 N–H and O–H groups in total. The molecule has 1 atom stereocenters. The van der Waals surface area contributed by atoms with Crippen molar-refractivity contribution in [2.24, 2.45) is 0 Å². The molecule has 1 heterocycles. The molecule has 0 saturated carbocycles. The fourth-order valence-corrected chi connectivity index (χ4v) is 3.44. The lowest BCUT2D eigenvalue weighted by Crippen LogP contribution is -2.49. The molecule has 3 rings (SSSR count). The molecule has 1 amide bonds. The first-order valence-corrected chi connectivity index (χ1v) is 10.3. The van der Waals surface area contributed by atoms with Gasteiger partial charge in [0.25, 0.3) is 0 Å². The number of aliphatic hydroxyl groups excluding tert-OH is 1. The number of hydrogen-bond acceptors (Lipinski definition) is 4. The molecule has 1 aliphatic rings. The van der Waals surface area contributed by atoms with Crippen LogP contribution in [0.15, 0.2) is 48.5 Å². The topological polar surface area (TPSA) is 53.0 Å². The highest BCUT2D eigenvalue weighted by Gasteiger charge is 2.25. The predicted octanol–water partition coefficient (Wildman–Crippen LogP) is 4.47. The predicted molar refractivity (Wildman–Crippen MR) is 115 cm³/mol. The number of carbonyl (C=O) groups is 1. The highest BCUT2D eigenvalue weighted by molar-refractivity contribution is 6.30. The molecule has 0 radical (unpaired) electrons. The number of rotatable bonds is 4. The SMILES string of the molecule is CC(C)(C)OC(=O)N1CCN(Cc2ccc(C(O)c3ccc(Cl)cc3)cc2)CC1. The monoisotopic (exact) mass is 416 g/mol. The zero-order chi connectivity index (χ0) is 21.0. The minimum absolute atomic E-state index is 0.238. The molecular weight excluding hydrogens is 388 g/mol. The molecule has 6 heteroatoms. The first kappa shape index (κ1) is 21.6. The Kier molecular flexibility index (Phi) is 6.83. The number of piperazine rings is 1. The summed E-state index contributed by atoms with van der Waals surface area (Å²) in [6.45, 7) is 9.44. The van der Waals surface area contributed by atoms with Crippen LogP contribution in [-0.2, 0) is 11.3 Å². The molecule has 5 nitrogen and oxygen atoms in total. The minimum atomic E-state index is -0.668. The Morgan fingerprint density at radius 1 is 1.00 bits per heavy atom. The summed E-state index contributed by atoms with van der Waals surface area (Å²) in [6.07, 6.45) is -0.906. The van der Waals surface area contributed by atoms with Crippen LogP contribution in [0, 0.1) is 0 Å². The molecule has 0 aliphatic carbocycles. The molecule has 0 spiro atoms. The van der Waals surface area contributed by atoms with E-state index in [0.717, 1.165) is 30.8 Å². The van der Waals surface area contributed by atoms with Crippen LogP contribution in [-0.4, -0.2) is 52.8 Å². The Balaban J connectivity index is 1.52. The van der Waals surface area contributed by atoms with E-state index < -0.39 is 11.7 Å². The summed E-state index contributed by atoms with van der Waals surface area (Å²) in [6, 6.07) is 15.3. The fourth-order valence-electron chi connectivity index (χ4n) is 3.32. The van der Waals surface area contributed by atoms with Crippen LogP contribution in [0.5, 0.6) is 0 Å². The number of aliphatic hydroxyl groups is 1. The molecule has 0 aromatic heterocycles. The fraction of sp³-hybridized carbons (Fsp3) is 0.435. The summed E-state index contributed by atoms with van der Waals surface area (Å²) >= 11 is 5.92. The quantitative estimate of drug-likeness (QED) is 0.798. The van der Waals surface area contributed by atoms with E-state index in [4.69, 9.17) is 16.3 Å². The van der Waals surface area contributed by atoms with Gasteiger partial charge in [-0.1, -0.05) is 48.0 Å². The molecule has 156 valence electrons.